The molecule has 2 amide bonds. The molecule has 1 rings (SSSR count). The number of carboxylic acids is 1. The normalized spacial score (nSPS) is 19.4. The zero-order valence-electron chi connectivity index (χ0n) is 12.8. The van der Waals surface area contributed by atoms with Crippen LogP contribution in [0.3, 0.4) is 0 Å². The molecule has 2 atom stereocenters. The fraction of sp³-hybridized carbons (Fsp3) is 0.786. The Kier molecular flexibility index (Phi) is 6.45. The largest absolute Gasteiger partial charge is 0.481 e. The Hall–Kier alpha value is -1.79. The van der Waals surface area contributed by atoms with Crippen molar-refractivity contribution < 1.29 is 24.2 Å². The van der Waals surface area contributed by atoms with Crippen LogP contribution in [0.25, 0.3) is 0 Å². The number of carbonyl (C=O) groups excluding carboxylic acids is 2. The molecule has 1 aliphatic rings. The summed E-state index contributed by atoms with van der Waals surface area (Å²) in [6.45, 7) is 4.42. The average molecular weight is 300 g/mol. The number of nitrogens with zero attached hydrogens (tertiary/aromatic N) is 1. The minimum atomic E-state index is -0.921. The predicted octanol–water partition coefficient (Wildman–Crippen LogP) is 1.08. The van der Waals surface area contributed by atoms with Crippen molar-refractivity contribution in [3.63, 3.8) is 0 Å². The third kappa shape index (κ3) is 4.91. The van der Waals surface area contributed by atoms with Crippen molar-refractivity contribution in [2.45, 2.75) is 39.2 Å². The topological polar surface area (TPSA) is 95.9 Å². The summed E-state index contributed by atoms with van der Waals surface area (Å²) < 4.78 is 4.68. The highest BCUT2D eigenvalue weighted by Gasteiger charge is 2.35. The third-order valence-electron chi connectivity index (χ3n) is 3.59. The van der Waals surface area contributed by atoms with Gasteiger partial charge in [-0.15, -0.1) is 0 Å². The molecule has 1 saturated heterocycles. The van der Waals surface area contributed by atoms with E-state index in [4.69, 9.17) is 5.11 Å². The van der Waals surface area contributed by atoms with E-state index >= 15 is 0 Å². The van der Waals surface area contributed by atoms with Gasteiger partial charge < -0.3 is 20.1 Å². The van der Waals surface area contributed by atoms with E-state index in [9.17, 15) is 14.4 Å². The summed E-state index contributed by atoms with van der Waals surface area (Å²) in [6.07, 6.45) is 1.81. The summed E-state index contributed by atoms with van der Waals surface area (Å²) in [7, 11) is 1.29. The first-order valence-electron chi connectivity index (χ1n) is 7.21. The van der Waals surface area contributed by atoms with Crippen molar-refractivity contribution in [3.8, 4) is 0 Å². The lowest BCUT2D eigenvalue weighted by Gasteiger charge is -2.24. The van der Waals surface area contributed by atoms with Gasteiger partial charge in [-0.25, -0.2) is 9.59 Å². The number of likely N-dealkylation sites (tertiary alicyclic amines) is 1. The van der Waals surface area contributed by atoms with E-state index in [2.05, 4.69) is 10.1 Å². The lowest BCUT2D eigenvalue weighted by Crippen LogP contribution is -2.48. The van der Waals surface area contributed by atoms with Crippen molar-refractivity contribution in [1.82, 2.24) is 10.2 Å². The summed E-state index contributed by atoms with van der Waals surface area (Å²) >= 11 is 0. The number of aliphatic carboxylic acids is 1. The Morgan fingerprint density at radius 3 is 2.57 bits per heavy atom. The van der Waals surface area contributed by atoms with Crippen molar-refractivity contribution in [2.75, 3.05) is 20.2 Å². The van der Waals surface area contributed by atoms with Gasteiger partial charge in [0.15, 0.2) is 0 Å². The van der Waals surface area contributed by atoms with Gasteiger partial charge >= 0.3 is 18.0 Å². The zero-order chi connectivity index (χ0) is 16.0. The van der Waals surface area contributed by atoms with E-state index in [-0.39, 0.29) is 12.5 Å². The van der Waals surface area contributed by atoms with Crippen molar-refractivity contribution in [3.05, 3.63) is 0 Å². The maximum Gasteiger partial charge on any atom is 0.328 e. The maximum atomic E-state index is 12.1. The average Bonchev–Trinajstić information content (AvgIpc) is 2.90. The second kappa shape index (κ2) is 7.85. The second-order valence-corrected chi connectivity index (χ2v) is 5.73. The van der Waals surface area contributed by atoms with Crippen molar-refractivity contribution in [1.29, 1.82) is 0 Å². The fourth-order valence-corrected chi connectivity index (χ4v) is 2.54. The molecule has 2 N–H and O–H groups in total. The lowest BCUT2D eigenvalue weighted by atomic mass is 9.97. The Bertz CT molecular complexity index is 397. The molecule has 0 aromatic carbocycles. The molecule has 7 nitrogen and oxygen atoms in total. The van der Waals surface area contributed by atoms with Gasteiger partial charge in [0.05, 0.1) is 13.0 Å². The van der Waals surface area contributed by atoms with Crippen LogP contribution in [0, 0.1) is 11.8 Å². The van der Waals surface area contributed by atoms with Crippen LogP contribution in [0.15, 0.2) is 0 Å². The number of esters is 1. The van der Waals surface area contributed by atoms with Crippen molar-refractivity contribution >= 4 is 18.0 Å². The highest BCUT2D eigenvalue weighted by Crippen LogP contribution is 2.18. The predicted molar refractivity (Wildman–Crippen MR) is 75.7 cm³/mol. The highest BCUT2D eigenvalue weighted by atomic mass is 16.5. The first-order chi connectivity index (χ1) is 9.86. The van der Waals surface area contributed by atoms with Crippen LogP contribution in [0.2, 0.25) is 0 Å². The van der Waals surface area contributed by atoms with Crippen LogP contribution in [0.1, 0.15) is 33.1 Å². The Labute approximate surface area is 124 Å². The minimum Gasteiger partial charge on any atom is -0.481 e. The first kappa shape index (κ1) is 17.3. The lowest BCUT2D eigenvalue weighted by molar-refractivity contribution is -0.145. The van der Waals surface area contributed by atoms with Gasteiger partial charge in [0.25, 0.3) is 0 Å². The number of methoxy groups -OCH3 is 1. The molecule has 0 aromatic heterocycles. The number of carboxylic acid groups (broad SMARTS) is 1. The molecule has 2 unspecified atom stereocenters. The van der Waals surface area contributed by atoms with Gasteiger partial charge in [-0.05, 0) is 25.2 Å². The number of nitrogens with one attached hydrogen (secondary N) is 1. The number of hydrogen-bond donors (Lipinski definition) is 2. The summed E-state index contributed by atoms with van der Waals surface area (Å²) in [5.74, 6) is -1.74. The fourth-order valence-electron chi connectivity index (χ4n) is 2.54. The summed E-state index contributed by atoms with van der Waals surface area (Å²) in [4.78, 5) is 36.3. The molecule has 1 fully saturated rings. The molecule has 0 saturated carbocycles. The van der Waals surface area contributed by atoms with Gasteiger partial charge in [0.2, 0.25) is 0 Å². The Balaban J connectivity index is 2.55. The number of hydrogen-bond acceptors (Lipinski definition) is 4. The molecule has 0 bridgehead atoms. The van der Waals surface area contributed by atoms with E-state index in [0.29, 0.717) is 19.4 Å². The number of ether oxygens (including phenoxy) is 1. The van der Waals surface area contributed by atoms with Gasteiger partial charge in [0.1, 0.15) is 6.04 Å². The summed E-state index contributed by atoms with van der Waals surface area (Å²) in [5.41, 5.74) is 0. The van der Waals surface area contributed by atoms with Gasteiger partial charge in [-0.3, -0.25) is 4.79 Å². The molecular weight excluding hydrogens is 276 g/mol. The number of urea groups is 1. The monoisotopic (exact) mass is 300 g/mol. The van der Waals surface area contributed by atoms with E-state index in [1.54, 1.807) is 0 Å². The van der Waals surface area contributed by atoms with Gasteiger partial charge in [-0.1, -0.05) is 13.8 Å². The standard InChI is InChI=1S/C14H24N2O5/c1-9(2)7-10(12(17)18)8-15-14(20)16-6-4-5-11(16)13(19)21-3/h9-11H,4-8H2,1-3H3,(H,15,20)(H,17,18). The number of rotatable bonds is 6. The highest BCUT2D eigenvalue weighted by molar-refractivity contribution is 5.84. The first-order valence-corrected chi connectivity index (χ1v) is 7.21. The zero-order valence-corrected chi connectivity index (χ0v) is 12.8. The minimum absolute atomic E-state index is 0.0662. The molecule has 7 heteroatoms. The Morgan fingerprint density at radius 1 is 1.38 bits per heavy atom. The van der Waals surface area contributed by atoms with E-state index < -0.39 is 29.9 Å². The van der Waals surface area contributed by atoms with Crippen LogP contribution >= 0.6 is 0 Å². The smallest absolute Gasteiger partial charge is 0.328 e. The van der Waals surface area contributed by atoms with Crippen LogP contribution in [-0.2, 0) is 14.3 Å². The van der Waals surface area contributed by atoms with E-state index in [0.717, 1.165) is 6.42 Å². The maximum absolute atomic E-state index is 12.1. The molecule has 21 heavy (non-hydrogen) atoms. The molecule has 0 aromatic rings. The molecule has 1 heterocycles. The molecule has 1 aliphatic heterocycles. The van der Waals surface area contributed by atoms with Crippen LogP contribution < -0.4 is 5.32 Å². The Morgan fingerprint density at radius 2 is 2.05 bits per heavy atom. The van der Waals surface area contributed by atoms with Crippen molar-refractivity contribution in [2.24, 2.45) is 11.8 Å². The number of carbonyl (C=O) groups is 3. The van der Waals surface area contributed by atoms with Crippen LogP contribution in [0.5, 0.6) is 0 Å². The molecule has 120 valence electrons. The van der Waals surface area contributed by atoms with E-state index in [1.807, 2.05) is 13.8 Å². The van der Waals surface area contributed by atoms with Crippen LogP contribution in [-0.4, -0.2) is 54.2 Å². The third-order valence-corrected chi connectivity index (χ3v) is 3.59. The SMILES string of the molecule is COC(=O)C1CCCN1C(=O)NCC(CC(C)C)C(=O)O. The summed E-state index contributed by atoms with van der Waals surface area (Å²) in [6, 6.07) is -0.971. The van der Waals surface area contributed by atoms with Gasteiger partial charge in [-0.2, -0.15) is 0 Å². The summed E-state index contributed by atoms with van der Waals surface area (Å²) in [5, 5.41) is 11.8. The number of amides is 2. The van der Waals surface area contributed by atoms with Gasteiger partial charge in [0, 0.05) is 13.1 Å². The molecule has 0 radical (unpaired) electrons. The van der Waals surface area contributed by atoms with E-state index in [1.165, 1.54) is 12.0 Å². The molecular formula is C14H24N2O5. The molecule has 0 spiro atoms. The second-order valence-electron chi connectivity index (χ2n) is 5.73. The van der Waals surface area contributed by atoms with Crippen LogP contribution in [0.4, 0.5) is 4.79 Å². The quantitative estimate of drug-likeness (QED) is 0.716. The molecule has 0 aliphatic carbocycles.